The van der Waals surface area contributed by atoms with Gasteiger partial charge in [0.1, 0.15) is 17.9 Å². The van der Waals surface area contributed by atoms with E-state index >= 15 is 0 Å². The number of carbonyl (C=O) groups is 5. The monoisotopic (exact) mass is 512 g/mol. The number of aliphatic hydroxyl groups is 1. The fraction of sp³-hybridized carbons (Fsp3) is 0.450. The van der Waals surface area contributed by atoms with Gasteiger partial charge in [0.25, 0.3) is 6.43 Å². The fourth-order valence-corrected chi connectivity index (χ4v) is 3.82. The number of alkyl halides is 2. The molecule has 0 aliphatic carbocycles. The number of piperazine rings is 1. The van der Waals surface area contributed by atoms with Crippen LogP contribution in [0.3, 0.4) is 0 Å². The Hall–Kier alpha value is -3.79. The molecular weight excluding hydrogens is 489 g/mol. The molecule has 0 bridgehead atoms. The number of urea groups is 1. The molecule has 13 nitrogen and oxygen atoms in total. The molecule has 0 unspecified atom stereocenters. The Kier molecular flexibility index (Phi) is 8.09. The van der Waals surface area contributed by atoms with Crippen LogP contribution in [0.2, 0.25) is 0 Å². The highest BCUT2D eigenvalue weighted by Gasteiger charge is 2.43. The lowest BCUT2D eigenvalue weighted by Crippen LogP contribution is -2.64. The highest BCUT2D eigenvalue weighted by atomic mass is 19.3. The molecule has 0 aromatic heterocycles. The van der Waals surface area contributed by atoms with Crippen LogP contribution in [0, 0.1) is 0 Å². The SMILES string of the molecule is CCN1CCN(C(=O)N[C@H](C(=O)N[C@H]2Cc3cccc(C(=O)O)c3OB2O)[C@H](O)C(F)F)C(=O)C1=O. The van der Waals surface area contributed by atoms with Crippen molar-refractivity contribution in [1.29, 1.82) is 0 Å². The molecular formula is C20H23BF2N4O9. The summed E-state index contributed by atoms with van der Waals surface area (Å²) in [6.07, 6.45) is -6.35. The molecule has 5 amide bonds. The zero-order valence-electron chi connectivity index (χ0n) is 18.9. The summed E-state index contributed by atoms with van der Waals surface area (Å²) in [7, 11) is -1.79. The van der Waals surface area contributed by atoms with Gasteiger partial charge in [-0.25, -0.2) is 18.4 Å². The quantitative estimate of drug-likeness (QED) is 0.208. The van der Waals surface area contributed by atoms with Gasteiger partial charge in [-0.3, -0.25) is 19.3 Å². The van der Waals surface area contributed by atoms with E-state index in [1.54, 1.807) is 6.92 Å². The number of aliphatic hydroxyl groups excluding tert-OH is 1. The molecule has 2 aliphatic heterocycles. The first kappa shape index (κ1) is 26.8. The summed E-state index contributed by atoms with van der Waals surface area (Å²) in [5.41, 5.74) is 0.0513. The van der Waals surface area contributed by atoms with Crippen LogP contribution >= 0.6 is 0 Å². The zero-order valence-corrected chi connectivity index (χ0v) is 18.9. The van der Waals surface area contributed by atoms with E-state index in [0.717, 1.165) is 0 Å². The van der Waals surface area contributed by atoms with E-state index in [0.29, 0.717) is 10.5 Å². The van der Waals surface area contributed by atoms with E-state index in [-0.39, 0.29) is 37.4 Å². The number of hydrogen-bond donors (Lipinski definition) is 5. The number of imide groups is 1. The van der Waals surface area contributed by atoms with Gasteiger partial charge in [-0.2, -0.15) is 0 Å². The molecule has 2 aliphatic rings. The number of carbonyl (C=O) groups excluding carboxylic acids is 4. The van der Waals surface area contributed by atoms with Crippen molar-refractivity contribution < 1.29 is 52.6 Å². The lowest BCUT2D eigenvalue weighted by Gasteiger charge is -2.34. The van der Waals surface area contributed by atoms with Crippen molar-refractivity contribution in [2.75, 3.05) is 19.6 Å². The number of aromatic carboxylic acids is 1. The minimum atomic E-state index is -3.48. The highest BCUT2D eigenvalue weighted by Crippen LogP contribution is 2.30. The Morgan fingerprint density at radius 1 is 1.22 bits per heavy atom. The van der Waals surface area contributed by atoms with Gasteiger partial charge in [-0.1, -0.05) is 12.1 Å². The lowest BCUT2D eigenvalue weighted by molar-refractivity contribution is -0.153. The Morgan fingerprint density at radius 2 is 1.92 bits per heavy atom. The largest absolute Gasteiger partial charge is 0.547 e. The molecule has 3 rings (SSSR count). The number of rotatable bonds is 7. The third-order valence-electron chi connectivity index (χ3n) is 5.77. The number of carboxylic acids is 1. The van der Waals surface area contributed by atoms with Crippen LogP contribution in [0.25, 0.3) is 0 Å². The topological polar surface area (TPSA) is 186 Å². The summed E-state index contributed by atoms with van der Waals surface area (Å²) >= 11 is 0. The van der Waals surface area contributed by atoms with Gasteiger partial charge in [0.15, 0.2) is 0 Å². The summed E-state index contributed by atoms with van der Waals surface area (Å²) in [4.78, 5) is 62.6. The number of nitrogens with one attached hydrogen (secondary N) is 2. The maximum atomic E-state index is 13.3. The van der Waals surface area contributed by atoms with Crippen molar-refractivity contribution in [2.45, 2.75) is 37.9 Å². The molecule has 36 heavy (non-hydrogen) atoms. The van der Waals surface area contributed by atoms with Crippen LogP contribution in [0.5, 0.6) is 5.75 Å². The maximum Gasteiger partial charge on any atom is 0.547 e. The highest BCUT2D eigenvalue weighted by molar-refractivity contribution is 6.47. The van der Waals surface area contributed by atoms with Crippen LogP contribution < -0.4 is 15.3 Å². The molecule has 1 fully saturated rings. The Morgan fingerprint density at radius 3 is 2.53 bits per heavy atom. The molecule has 0 spiro atoms. The van der Waals surface area contributed by atoms with Gasteiger partial charge >= 0.3 is 30.9 Å². The molecule has 3 atom stereocenters. The lowest BCUT2D eigenvalue weighted by atomic mass is 9.72. The number of fused-ring (bicyclic) bond motifs is 1. The summed E-state index contributed by atoms with van der Waals surface area (Å²) in [6.45, 7) is 1.55. The van der Waals surface area contributed by atoms with E-state index < -0.39 is 61.4 Å². The van der Waals surface area contributed by atoms with Crippen LogP contribution in [-0.2, 0) is 20.8 Å². The number of hydrogen-bond acceptors (Lipinski definition) is 8. The van der Waals surface area contributed by atoms with E-state index in [2.05, 4.69) is 5.32 Å². The second-order valence-electron chi connectivity index (χ2n) is 8.02. The fourth-order valence-electron chi connectivity index (χ4n) is 3.82. The third-order valence-corrected chi connectivity index (χ3v) is 5.77. The number of amides is 5. The number of benzene rings is 1. The third kappa shape index (κ3) is 5.38. The zero-order chi connectivity index (χ0) is 26.7. The summed E-state index contributed by atoms with van der Waals surface area (Å²) in [5.74, 6) is -6.28. The van der Waals surface area contributed by atoms with Crippen LogP contribution in [0.4, 0.5) is 13.6 Å². The molecule has 16 heteroatoms. The van der Waals surface area contributed by atoms with Crippen molar-refractivity contribution in [1.82, 2.24) is 20.4 Å². The second-order valence-corrected chi connectivity index (χ2v) is 8.02. The molecule has 194 valence electrons. The molecule has 1 aromatic rings. The summed E-state index contributed by atoms with van der Waals surface area (Å²) < 4.78 is 31.8. The molecule has 0 radical (unpaired) electrons. The minimum Gasteiger partial charge on any atom is -0.534 e. The predicted octanol–water partition coefficient (Wildman–Crippen LogP) is -1.78. The minimum absolute atomic E-state index is 0.00783. The number of likely N-dealkylation sites (N-methyl/N-ethyl adjacent to an activating group) is 1. The van der Waals surface area contributed by atoms with Crippen LogP contribution in [0.1, 0.15) is 22.8 Å². The normalized spacial score (nSPS) is 19.4. The van der Waals surface area contributed by atoms with Gasteiger partial charge < -0.3 is 35.4 Å². The number of carboxylic acid groups (broad SMARTS) is 1. The first-order chi connectivity index (χ1) is 17.0. The summed E-state index contributed by atoms with van der Waals surface area (Å²) in [6, 6.07) is 0.495. The van der Waals surface area contributed by atoms with Crippen molar-refractivity contribution in [3.05, 3.63) is 29.3 Å². The molecule has 0 saturated carbocycles. The first-order valence-corrected chi connectivity index (χ1v) is 10.8. The number of para-hydroxylation sites is 1. The van der Waals surface area contributed by atoms with Gasteiger partial charge in [0, 0.05) is 19.6 Å². The van der Waals surface area contributed by atoms with Crippen molar-refractivity contribution in [3.63, 3.8) is 0 Å². The molecule has 1 saturated heterocycles. The van der Waals surface area contributed by atoms with Crippen molar-refractivity contribution in [2.24, 2.45) is 0 Å². The van der Waals surface area contributed by atoms with E-state index in [9.17, 15) is 48.0 Å². The average Bonchev–Trinajstić information content (AvgIpc) is 2.83. The van der Waals surface area contributed by atoms with Gasteiger partial charge in [-0.15, -0.1) is 0 Å². The Labute approximate surface area is 203 Å². The van der Waals surface area contributed by atoms with E-state index in [1.807, 2.05) is 5.32 Å². The number of nitrogens with zero attached hydrogens (tertiary/aromatic N) is 2. The van der Waals surface area contributed by atoms with Crippen LogP contribution in [-0.4, -0.2) is 106 Å². The molecule has 5 N–H and O–H groups in total. The number of halogens is 2. The Bertz CT molecular complexity index is 1080. The van der Waals surface area contributed by atoms with Gasteiger partial charge in [0.2, 0.25) is 5.91 Å². The predicted molar refractivity (Wildman–Crippen MR) is 116 cm³/mol. The summed E-state index contributed by atoms with van der Waals surface area (Å²) in [5, 5.41) is 33.5. The Balaban J connectivity index is 1.75. The second kappa shape index (κ2) is 10.9. The van der Waals surface area contributed by atoms with Crippen LogP contribution in [0.15, 0.2) is 18.2 Å². The maximum absolute atomic E-state index is 13.3. The smallest absolute Gasteiger partial charge is 0.534 e. The van der Waals surface area contributed by atoms with Gasteiger partial charge in [-0.05, 0) is 25.0 Å². The molecule has 2 heterocycles. The standard InChI is InChI=1S/C20H23BF2N4O9/c1-2-26-6-7-27(18(31)17(26)30)20(34)25-12(13(28)15(22)23)16(29)24-11-8-9-4-3-5-10(19(32)33)14(9)36-21(11)35/h3-5,11-13,15,28,35H,2,6-8H2,1H3,(H,24,29)(H,25,34)(H,32,33)/t11-,12-,13-/m0/s1. The van der Waals surface area contributed by atoms with Gasteiger partial charge in [0.05, 0.1) is 11.5 Å². The van der Waals surface area contributed by atoms with Crippen molar-refractivity contribution >= 4 is 36.8 Å². The average molecular weight is 512 g/mol. The first-order valence-electron chi connectivity index (χ1n) is 10.8. The van der Waals surface area contributed by atoms with E-state index in [1.165, 1.54) is 23.1 Å². The molecule has 1 aromatic carbocycles. The van der Waals surface area contributed by atoms with Crippen molar-refractivity contribution in [3.8, 4) is 5.75 Å². The van der Waals surface area contributed by atoms with E-state index in [4.69, 9.17) is 4.65 Å².